The van der Waals surface area contributed by atoms with Crippen molar-refractivity contribution in [1.82, 2.24) is 5.32 Å². The number of ether oxygens (including phenoxy) is 2. The molecule has 0 aromatic heterocycles. The molecule has 5 heteroatoms. The molecule has 0 aromatic rings. The van der Waals surface area contributed by atoms with Gasteiger partial charge in [-0.15, -0.1) is 0 Å². The minimum atomic E-state index is -0.689. The van der Waals surface area contributed by atoms with Crippen LogP contribution < -0.4 is 5.32 Å². The molecule has 1 fully saturated rings. The third-order valence-electron chi connectivity index (χ3n) is 3.02. The fourth-order valence-corrected chi connectivity index (χ4v) is 2.07. The van der Waals surface area contributed by atoms with Gasteiger partial charge in [0.05, 0.1) is 0 Å². The number of alkyl carbamates (subject to hydrolysis) is 1. The van der Waals surface area contributed by atoms with Crippen molar-refractivity contribution >= 4 is 12.1 Å². The first-order valence-corrected chi connectivity index (χ1v) is 6.87. The van der Waals surface area contributed by atoms with Crippen LogP contribution in [0.5, 0.6) is 0 Å². The Morgan fingerprint density at radius 2 is 1.89 bits per heavy atom. The van der Waals surface area contributed by atoms with Crippen LogP contribution in [0.2, 0.25) is 0 Å². The van der Waals surface area contributed by atoms with Crippen LogP contribution >= 0.6 is 0 Å². The van der Waals surface area contributed by atoms with E-state index < -0.39 is 23.7 Å². The van der Waals surface area contributed by atoms with Gasteiger partial charge in [0.15, 0.2) is 0 Å². The van der Waals surface area contributed by atoms with Crippen LogP contribution in [0.3, 0.4) is 0 Å². The van der Waals surface area contributed by atoms with E-state index in [0.717, 1.165) is 19.3 Å². The average Bonchev–Trinajstić information content (AvgIpc) is 2.60. The van der Waals surface area contributed by atoms with Crippen LogP contribution in [0, 0.1) is 5.92 Å². The second-order valence-electron chi connectivity index (χ2n) is 6.35. The van der Waals surface area contributed by atoms with Crippen molar-refractivity contribution in [2.75, 3.05) is 0 Å². The van der Waals surface area contributed by atoms with E-state index in [1.165, 1.54) is 0 Å². The van der Waals surface area contributed by atoms with E-state index in [2.05, 4.69) is 12.2 Å². The summed E-state index contributed by atoms with van der Waals surface area (Å²) in [6.45, 7) is 9.07. The van der Waals surface area contributed by atoms with Gasteiger partial charge >= 0.3 is 12.1 Å². The fourth-order valence-electron chi connectivity index (χ4n) is 2.07. The molecule has 0 aliphatic heterocycles. The van der Waals surface area contributed by atoms with Crippen LogP contribution in [0.1, 0.15) is 53.9 Å². The van der Waals surface area contributed by atoms with E-state index in [-0.39, 0.29) is 6.10 Å². The number of rotatable bonds is 3. The molecule has 1 aliphatic carbocycles. The second-order valence-corrected chi connectivity index (χ2v) is 6.35. The standard InChI is InChI=1S/C14H25NO4/c1-9-6-7-11(8-9)18-12(16)10(2)15-13(17)19-14(3,4)5/h9-11H,6-8H2,1-5H3,(H,15,17)/t9?,10-,11?/m0/s1. The Kier molecular flexibility index (Phi) is 5.20. The first-order valence-electron chi connectivity index (χ1n) is 6.87. The van der Waals surface area contributed by atoms with E-state index in [4.69, 9.17) is 9.47 Å². The van der Waals surface area contributed by atoms with E-state index in [0.29, 0.717) is 5.92 Å². The lowest BCUT2D eigenvalue weighted by Crippen LogP contribution is -2.43. The lowest BCUT2D eigenvalue weighted by molar-refractivity contribution is -0.150. The van der Waals surface area contributed by atoms with Crippen molar-refractivity contribution in [2.45, 2.75) is 71.6 Å². The molecule has 0 saturated heterocycles. The zero-order valence-corrected chi connectivity index (χ0v) is 12.5. The highest BCUT2D eigenvalue weighted by Gasteiger charge is 2.28. The Bertz CT molecular complexity index is 335. The highest BCUT2D eigenvalue weighted by molar-refractivity contribution is 5.81. The molecule has 0 spiro atoms. The lowest BCUT2D eigenvalue weighted by atomic mass is 10.1. The predicted molar refractivity (Wildman–Crippen MR) is 71.7 cm³/mol. The van der Waals surface area contributed by atoms with E-state index in [9.17, 15) is 9.59 Å². The molecule has 2 unspecified atom stereocenters. The first-order chi connectivity index (χ1) is 8.67. The van der Waals surface area contributed by atoms with Gasteiger partial charge in [-0.05, 0) is 52.9 Å². The van der Waals surface area contributed by atoms with Gasteiger partial charge in [-0.1, -0.05) is 6.92 Å². The number of carbonyl (C=O) groups excluding carboxylic acids is 2. The summed E-state index contributed by atoms with van der Waals surface area (Å²) in [5.41, 5.74) is -0.575. The van der Waals surface area contributed by atoms with Crippen molar-refractivity contribution in [1.29, 1.82) is 0 Å². The van der Waals surface area contributed by atoms with Gasteiger partial charge in [-0.3, -0.25) is 0 Å². The van der Waals surface area contributed by atoms with Crippen molar-refractivity contribution in [3.63, 3.8) is 0 Å². The van der Waals surface area contributed by atoms with Gasteiger partial charge in [0.1, 0.15) is 17.7 Å². The van der Waals surface area contributed by atoms with E-state index in [1.807, 2.05) is 0 Å². The Morgan fingerprint density at radius 3 is 2.37 bits per heavy atom. The van der Waals surface area contributed by atoms with Gasteiger partial charge in [0.2, 0.25) is 0 Å². The quantitative estimate of drug-likeness (QED) is 0.801. The molecule has 0 bridgehead atoms. The third kappa shape index (κ3) is 5.94. The fraction of sp³-hybridized carbons (Fsp3) is 0.857. The van der Waals surface area contributed by atoms with Crippen molar-refractivity contribution < 1.29 is 19.1 Å². The maximum atomic E-state index is 11.8. The molecule has 0 aromatic carbocycles. The molecular formula is C14H25NO4. The van der Waals surface area contributed by atoms with Gasteiger partial charge in [-0.2, -0.15) is 0 Å². The zero-order valence-electron chi connectivity index (χ0n) is 12.5. The van der Waals surface area contributed by atoms with Crippen LogP contribution in [0.15, 0.2) is 0 Å². The monoisotopic (exact) mass is 271 g/mol. The maximum Gasteiger partial charge on any atom is 0.408 e. The Morgan fingerprint density at radius 1 is 1.26 bits per heavy atom. The minimum Gasteiger partial charge on any atom is -0.461 e. The molecule has 1 aliphatic rings. The summed E-state index contributed by atoms with van der Waals surface area (Å²) in [5.74, 6) is 0.205. The number of esters is 1. The maximum absolute atomic E-state index is 11.8. The van der Waals surface area contributed by atoms with Gasteiger partial charge in [0.25, 0.3) is 0 Å². The summed E-state index contributed by atoms with van der Waals surface area (Å²) >= 11 is 0. The Labute approximate surface area is 115 Å². The number of nitrogens with one attached hydrogen (secondary N) is 1. The van der Waals surface area contributed by atoms with Crippen molar-refractivity contribution in [2.24, 2.45) is 5.92 Å². The van der Waals surface area contributed by atoms with E-state index in [1.54, 1.807) is 27.7 Å². The first kappa shape index (κ1) is 15.8. The summed E-state index contributed by atoms with van der Waals surface area (Å²) in [6, 6.07) is -0.689. The molecule has 1 saturated carbocycles. The van der Waals surface area contributed by atoms with E-state index >= 15 is 0 Å². The van der Waals surface area contributed by atoms with Crippen LogP contribution in [-0.2, 0) is 14.3 Å². The SMILES string of the molecule is CC1CCC(OC(=O)[C@H](C)NC(=O)OC(C)(C)C)C1. The van der Waals surface area contributed by atoms with Crippen LogP contribution in [0.25, 0.3) is 0 Å². The number of hydrogen-bond donors (Lipinski definition) is 1. The molecule has 1 rings (SSSR count). The molecule has 19 heavy (non-hydrogen) atoms. The zero-order chi connectivity index (χ0) is 14.6. The summed E-state index contributed by atoms with van der Waals surface area (Å²) in [5, 5.41) is 2.49. The van der Waals surface area contributed by atoms with Gasteiger partial charge < -0.3 is 14.8 Å². The topological polar surface area (TPSA) is 64.6 Å². The molecular weight excluding hydrogens is 246 g/mol. The Hall–Kier alpha value is -1.26. The molecule has 110 valence electrons. The number of carbonyl (C=O) groups is 2. The molecule has 5 nitrogen and oxygen atoms in total. The highest BCUT2D eigenvalue weighted by Crippen LogP contribution is 2.27. The van der Waals surface area contributed by atoms with Crippen LogP contribution in [0.4, 0.5) is 4.79 Å². The molecule has 0 heterocycles. The van der Waals surface area contributed by atoms with Crippen molar-refractivity contribution in [3.8, 4) is 0 Å². The summed E-state index contributed by atoms with van der Waals surface area (Å²) in [7, 11) is 0. The van der Waals surface area contributed by atoms with Gasteiger partial charge in [0, 0.05) is 0 Å². The summed E-state index contributed by atoms with van der Waals surface area (Å²) in [6.07, 6.45) is 2.30. The predicted octanol–water partition coefficient (Wildman–Crippen LogP) is 2.63. The third-order valence-corrected chi connectivity index (χ3v) is 3.02. The summed E-state index contributed by atoms with van der Waals surface area (Å²) < 4.78 is 10.5. The Balaban J connectivity index is 2.34. The van der Waals surface area contributed by atoms with Crippen LogP contribution in [-0.4, -0.2) is 29.8 Å². The lowest BCUT2D eigenvalue weighted by Gasteiger charge is -2.22. The molecule has 0 radical (unpaired) electrons. The molecule has 1 amide bonds. The minimum absolute atomic E-state index is 0.00890. The number of amides is 1. The highest BCUT2D eigenvalue weighted by atomic mass is 16.6. The van der Waals surface area contributed by atoms with Gasteiger partial charge in [-0.25, -0.2) is 9.59 Å². The largest absolute Gasteiger partial charge is 0.461 e. The normalized spacial score (nSPS) is 24.7. The smallest absolute Gasteiger partial charge is 0.408 e. The number of hydrogen-bond acceptors (Lipinski definition) is 4. The molecule has 3 atom stereocenters. The average molecular weight is 271 g/mol. The summed E-state index contributed by atoms with van der Waals surface area (Å²) in [4.78, 5) is 23.3. The van der Waals surface area contributed by atoms with Crippen molar-refractivity contribution in [3.05, 3.63) is 0 Å². The second kappa shape index (κ2) is 6.26. The molecule has 1 N–H and O–H groups in total.